The highest BCUT2D eigenvalue weighted by Crippen LogP contribution is 2.19. The molecule has 0 aliphatic heterocycles. The first-order chi connectivity index (χ1) is 10.3. The van der Waals surface area contributed by atoms with Crippen LogP contribution in [0.2, 0.25) is 0 Å². The molecule has 2 rings (SSSR count). The van der Waals surface area contributed by atoms with E-state index < -0.39 is 0 Å². The highest BCUT2D eigenvalue weighted by Gasteiger charge is 2.10. The number of ether oxygens (including phenoxy) is 2. The van der Waals surface area contributed by atoms with Gasteiger partial charge < -0.3 is 14.0 Å². The molecule has 1 aromatic carbocycles. The molecule has 1 aromatic heterocycles. The van der Waals surface area contributed by atoms with Gasteiger partial charge in [-0.25, -0.2) is 4.98 Å². The van der Waals surface area contributed by atoms with Crippen molar-refractivity contribution in [3.05, 3.63) is 29.6 Å². The Morgan fingerprint density at radius 1 is 1.33 bits per heavy atom. The fourth-order valence-corrected chi connectivity index (χ4v) is 2.37. The summed E-state index contributed by atoms with van der Waals surface area (Å²) in [5, 5.41) is 9.01. The number of methoxy groups -OCH3 is 1. The van der Waals surface area contributed by atoms with E-state index >= 15 is 0 Å². The number of benzene rings is 1. The van der Waals surface area contributed by atoms with Gasteiger partial charge in [-0.05, 0) is 24.6 Å². The third-order valence-corrected chi connectivity index (χ3v) is 3.42. The Labute approximate surface area is 129 Å². The first kappa shape index (κ1) is 15.8. The molecule has 6 heteroatoms. The molecule has 0 bridgehead atoms. The first-order valence-corrected chi connectivity index (χ1v) is 7.35. The molecule has 0 amide bonds. The molecule has 0 spiro atoms. The Morgan fingerprint density at radius 2 is 2.19 bits per heavy atom. The number of alkyl halides is 1. The second kappa shape index (κ2) is 7.99. The summed E-state index contributed by atoms with van der Waals surface area (Å²) in [5.41, 5.74) is 2.44. The van der Waals surface area contributed by atoms with E-state index in [0.717, 1.165) is 29.8 Å². The summed E-state index contributed by atoms with van der Waals surface area (Å²) < 4.78 is 12.4. The van der Waals surface area contributed by atoms with Crippen molar-refractivity contribution in [2.45, 2.75) is 18.8 Å². The van der Waals surface area contributed by atoms with Gasteiger partial charge in [0.15, 0.2) is 0 Å². The van der Waals surface area contributed by atoms with Crippen LogP contribution in [0, 0.1) is 11.3 Å². The number of hydrogen-bond acceptors (Lipinski definition) is 4. The molecule has 0 aliphatic carbocycles. The fraction of sp³-hybridized carbons (Fsp3) is 0.467. The number of aromatic nitrogens is 2. The van der Waals surface area contributed by atoms with E-state index in [0.29, 0.717) is 31.3 Å². The lowest BCUT2D eigenvalue weighted by Gasteiger charge is -2.08. The lowest BCUT2D eigenvalue weighted by atomic mass is 10.2. The number of nitrogens with zero attached hydrogens (tertiary/aromatic N) is 3. The highest BCUT2D eigenvalue weighted by atomic mass is 35.5. The van der Waals surface area contributed by atoms with E-state index in [1.807, 2.05) is 12.1 Å². The zero-order valence-corrected chi connectivity index (χ0v) is 12.8. The molecule has 0 fully saturated rings. The molecule has 2 aromatic rings. The average molecular weight is 308 g/mol. The van der Waals surface area contributed by atoms with Crippen molar-refractivity contribution >= 4 is 22.6 Å². The standard InChI is InChI=1S/C15H18ClN3O2/c1-20-7-8-21-6-2-5-19-14-9-12(11-17)3-4-13(14)18-15(19)10-16/h3-4,9H,2,5-8,10H2,1H3. The summed E-state index contributed by atoms with van der Waals surface area (Å²) in [7, 11) is 1.65. The maximum Gasteiger partial charge on any atom is 0.124 e. The zero-order chi connectivity index (χ0) is 15.1. The van der Waals surface area contributed by atoms with Gasteiger partial charge in [-0.2, -0.15) is 5.26 Å². The smallest absolute Gasteiger partial charge is 0.124 e. The summed E-state index contributed by atoms with van der Waals surface area (Å²) in [6.07, 6.45) is 0.857. The van der Waals surface area contributed by atoms with Crippen LogP contribution in [0.3, 0.4) is 0 Å². The van der Waals surface area contributed by atoms with Crippen LogP contribution in [-0.2, 0) is 21.9 Å². The van der Waals surface area contributed by atoms with Crippen molar-refractivity contribution in [1.82, 2.24) is 9.55 Å². The van der Waals surface area contributed by atoms with Crippen LogP contribution in [0.15, 0.2) is 18.2 Å². The van der Waals surface area contributed by atoms with E-state index in [1.165, 1.54) is 0 Å². The predicted octanol–water partition coefficient (Wildman–Crippen LogP) is 2.70. The van der Waals surface area contributed by atoms with Gasteiger partial charge >= 0.3 is 0 Å². The molecule has 0 saturated carbocycles. The van der Waals surface area contributed by atoms with Gasteiger partial charge in [-0.15, -0.1) is 11.6 Å². The third kappa shape index (κ3) is 3.94. The van der Waals surface area contributed by atoms with Crippen molar-refractivity contribution < 1.29 is 9.47 Å². The van der Waals surface area contributed by atoms with Crippen molar-refractivity contribution in [2.24, 2.45) is 0 Å². The number of rotatable bonds is 8. The van der Waals surface area contributed by atoms with Crippen molar-refractivity contribution in [1.29, 1.82) is 5.26 Å². The quantitative estimate of drug-likeness (QED) is 0.556. The van der Waals surface area contributed by atoms with Crippen LogP contribution >= 0.6 is 11.6 Å². The monoisotopic (exact) mass is 307 g/mol. The molecule has 21 heavy (non-hydrogen) atoms. The molecule has 112 valence electrons. The Kier molecular flexibility index (Phi) is 6.00. The fourth-order valence-electron chi connectivity index (χ4n) is 2.16. The number of aryl methyl sites for hydroxylation is 1. The van der Waals surface area contributed by atoms with Crippen molar-refractivity contribution in [3.63, 3.8) is 0 Å². The van der Waals surface area contributed by atoms with Gasteiger partial charge in [0.2, 0.25) is 0 Å². The summed E-state index contributed by atoms with van der Waals surface area (Å²) in [4.78, 5) is 4.50. The molecule has 0 unspecified atom stereocenters. The van der Waals surface area contributed by atoms with Crippen LogP contribution in [-0.4, -0.2) is 36.5 Å². The van der Waals surface area contributed by atoms with Gasteiger partial charge in [0.25, 0.3) is 0 Å². The van der Waals surface area contributed by atoms with Gasteiger partial charge in [0, 0.05) is 20.3 Å². The van der Waals surface area contributed by atoms with Crippen LogP contribution in [0.5, 0.6) is 0 Å². The molecule has 0 N–H and O–H groups in total. The van der Waals surface area contributed by atoms with E-state index in [1.54, 1.807) is 13.2 Å². The zero-order valence-electron chi connectivity index (χ0n) is 12.0. The number of fused-ring (bicyclic) bond motifs is 1. The minimum Gasteiger partial charge on any atom is -0.382 e. The van der Waals surface area contributed by atoms with Crippen molar-refractivity contribution in [2.75, 3.05) is 26.9 Å². The molecule has 0 aliphatic rings. The van der Waals surface area contributed by atoms with Crippen molar-refractivity contribution in [3.8, 4) is 6.07 Å². The second-order valence-corrected chi connectivity index (χ2v) is 4.85. The minimum atomic E-state index is 0.348. The summed E-state index contributed by atoms with van der Waals surface area (Å²) >= 11 is 5.96. The van der Waals surface area contributed by atoms with Crippen LogP contribution in [0.1, 0.15) is 17.8 Å². The molecular weight excluding hydrogens is 290 g/mol. The van der Waals surface area contributed by atoms with E-state index in [2.05, 4.69) is 15.6 Å². The number of halogens is 1. The maximum absolute atomic E-state index is 9.01. The second-order valence-electron chi connectivity index (χ2n) is 4.59. The predicted molar refractivity (Wildman–Crippen MR) is 81.3 cm³/mol. The van der Waals surface area contributed by atoms with Gasteiger partial charge in [0.05, 0.1) is 41.8 Å². The summed E-state index contributed by atoms with van der Waals surface area (Å²) in [6.45, 7) is 2.62. The molecular formula is C15H18ClN3O2. The minimum absolute atomic E-state index is 0.348. The average Bonchev–Trinajstić information content (AvgIpc) is 2.87. The van der Waals surface area contributed by atoms with Gasteiger partial charge in [-0.1, -0.05) is 0 Å². The number of hydrogen-bond donors (Lipinski definition) is 0. The number of nitriles is 1. The van der Waals surface area contributed by atoms with E-state index in [4.69, 9.17) is 26.3 Å². The van der Waals surface area contributed by atoms with Crippen LogP contribution < -0.4 is 0 Å². The first-order valence-electron chi connectivity index (χ1n) is 6.82. The lowest BCUT2D eigenvalue weighted by Crippen LogP contribution is -2.08. The van der Waals surface area contributed by atoms with Crippen LogP contribution in [0.4, 0.5) is 0 Å². The SMILES string of the molecule is COCCOCCCn1c(CCl)nc2ccc(C#N)cc21. The van der Waals surface area contributed by atoms with Gasteiger partial charge in [0.1, 0.15) is 5.82 Å². The topological polar surface area (TPSA) is 60.1 Å². The highest BCUT2D eigenvalue weighted by molar-refractivity contribution is 6.16. The van der Waals surface area contributed by atoms with Gasteiger partial charge in [-0.3, -0.25) is 0 Å². The largest absolute Gasteiger partial charge is 0.382 e. The molecule has 0 saturated heterocycles. The van der Waals surface area contributed by atoms with Crippen LogP contribution in [0.25, 0.3) is 11.0 Å². The molecule has 0 radical (unpaired) electrons. The normalized spacial score (nSPS) is 10.9. The Bertz CT molecular complexity index is 634. The maximum atomic E-state index is 9.01. The third-order valence-electron chi connectivity index (χ3n) is 3.18. The van der Waals surface area contributed by atoms with E-state index in [-0.39, 0.29) is 0 Å². The molecule has 1 heterocycles. The Morgan fingerprint density at radius 3 is 2.90 bits per heavy atom. The summed E-state index contributed by atoms with van der Waals surface area (Å²) in [5.74, 6) is 1.17. The molecule has 0 atom stereocenters. The lowest BCUT2D eigenvalue weighted by molar-refractivity contribution is 0.0681. The Hall–Kier alpha value is -1.61. The summed E-state index contributed by atoms with van der Waals surface area (Å²) in [6, 6.07) is 7.63. The number of imidazole rings is 1. The van der Waals surface area contributed by atoms with E-state index in [9.17, 15) is 0 Å². The molecule has 5 nitrogen and oxygen atoms in total. The Balaban J connectivity index is 2.08.